The van der Waals surface area contributed by atoms with Crippen LogP contribution in [0.25, 0.3) is 0 Å². The first-order valence-electron chi connectivity index (χ1n) is 5.27. The third-order valence-corrected chi connectivity index (χ3v) is 2.95. The molecule has 0 unspecified atom stereocenters. The van der Waals surface area contributed by atoms with Crippen LogP contribution in [0, 0.1) is 0 Å². The minimum Gasteiger partial charge on any atom is -0.399 e. The molecule has 0 heterocycles. The fraction of sp³-hybridized carbons (Fsp3) is 0.500. The van der Waals surface area contributed by atoms with Crippen molar-refractivity contribution >= 4 is 5.69 Å². The monoisotopic (exact) mass is 190 g/mol. The Bertz CT molecular complexity index is 299. The molecule has 2 nitrogen and oxygen atoms in total. The number of hydrogen-bond acceptors (Lipinski definition) is 2. The molecule has 1 aliphatic rings. The maximum absolute atomic E-state index is 5.62. The summed E-state index contributed by atoms with van der Waals surface area (Å²) in [4.78, 5) is 0. The maximum Gasteiger partial charge on any atom is 0.0314 e. The molecule has 14 heavy (non-hydrogen) atoms. The number of nitrogens with one attached hydrogen (secondary N) is 1. The van der Waals surface area contributed by atoms with Gasteiger partial charge in [0.25, 0.3) is 0 Å². The number of nitrogens with two attached hydrogens (primary N) is 1. The number of benzene rings is 1. The van der Waals surface area contributed by atoms with Crippen LogP contribution < -0.4 is 11.1 Å². The molecule has 1 fully saturated rings. The van der Waals surface area contributed by atoms with Gasteiger partial charge in [-0.1, -0.05) is 12.1 Å². The molecule has 1 aromatic carbocycles. The largest absolute Gasteiger partial charge is 0.399 e. The highest BCUT2D eigenvalue weighted by Crippen LogP contribution is 2.33. The quantitative estimate of drug-likeness (QED) is 0.712. The highest BCUT2D eigenvalue weighted by molar-refractivity contribution is 5.39. The van der Waals surface area contributed by atoms with Crippen LogP contribution in [-0.2, 0) is 6.42 Å². The van der Waals surface area contributed by atoms with Crippen LogP contribution in [0.1, 0.15) is 25.3 Å². The molecule has 0 spiro atoms. The van der Waals surface area contributed by atoms with Gasteiger partial charge < -0.3 is 11.1 Å². The Hall–Kier alpha value is -1.02. The molecular weight excluding hydrogens is 172 g/mol. The van der Waals surface area contributed by atoms with E-state index in [1.807, 2.05) is 12.1 Å². The highest BCUT2D eigenvalue weighted by Gasteiger charge is 2.35. The molecule has 0 aromatic heterocycles. The van der Waals surface area contributed by atoms with Crippen molar-refractivity contribution in [2.24, 2.45) is 0 Å². The summed E-state index contributed by atoms with van der Waals surface area (Å²) in [7, 11) is 0. The smallest absolute Gasteiger partial charge is 0.0314 e. The van der Waals surface area contributed by atoms with Gasteiger partial charge in [-0.3, -0.25) is 0 Å². The summed E-state index contributed by atoms with van der Waals surface area (Å²) >= 11 is 0. The summed E-state index contributed by atoms with van der Waals surface area (Å²) in [6.07, 6.45) is 3.75. The van der Waals surface area contributed by atoms with E-state index in [4.69, 9.17) is 5.73 Å². The second kappa shape index (κ2) is 3.62. The predicted octanol–water partition coefficient (Wildman–Crippen LogP) is 1.95. The van der Waals surface area contributed by atoms with Crippen LogP contribution in [0.2, 0.25) is 0 Å². The Kier molecular flexibility index (Phi) is 2.46. The molecule has 76 valence electrons. The van der Waals surface area contributed by atoms with E-state index in [-0.39, 0.29) is 0 Å². The predicted molar refractivity (Wildman–Crippen MR) is 60.2 cm³/mol. The molecule has 0 radical (unpaired) electrons. The first-order chi connectivity index (χ1) is 6.68. The van der Waals surface area contributed by atoms with Crippen LogP contribution in [-0.4, -0.2) is 12.1 Å². The van der Waals surface area contributed by atoms with Crippen LogP contribution in [0.4, 0.5) is 5.69 Å². The number of rotatable bonds is 4. The van der Waals surface area contributed by atoms with Gasteiger partial charge in [-0.25, -0.2) is 0 Å². The highest BCUT2D eigenvalue weighted by atomic mass is 15.0. The number of hydrogen-bond donors (Lipinski definition) is 2. The molecule has 2 heteroatoms. The summed E-state index contributed by atoms with van der Waals surface area (Å²) < 4.78 is 0. The zero-order valence-corrected chi connectivity index (χ0v) is 8.72. The van der Waals surface area contributed by atoms with Crippen molar-refractivity contribution in [2.75, 3.05) is 12.3 Å². The average molecular weight is 190 g/mol. The SMILES string of the molecule is CC1(NCCc2ccc(N)cc2)CC1. The molecule has 0 saturated heterocycles. The van der Waals surface area contributed by atoms with Gasteiger partial charge in [-0.05, 0) is 50.4 Å². The Morgan fingerprint density at radius 2 is 1.93 bits per heavy atom. The lowest BCUT2D eigenvalue weighted by atomic mass is 10.1. The van der Waals surface area contributed by atoms with Crippen LogP contribution in [0.3, 0.4) is 0 Å². The van der Waals surface area contributed by atoms with E-state index in [2.05, 4.69) is 24.4 Å². The fourth-order valence-corrected chi connectivity index (χ4v) is 1.56. The van der Waals surface area contributed by atoms with Gasteiger partial charge in [0.1, 0.15) is 0 Å². The van der Waals surface area contributed by atoms with Crippen molar-refractivity contribution in [1.29, 1.82) is 0 Å². The second-order valence-corrected chi connectivity index (χ2v) is 4.48. The first kappa shape index (κ1) is 9.53. The molecule has 1 aromatic rings. The Balaban J connectivity index is 1.77. The standard InChI is InChI=1S/C12H18N2/c1-12(7-8-12)14-9-6-10-2-4-11(13)5-3-10/h2-5,14H,6-9,13H2,1H3. The topological polar surface area (TPSA) is 38.0 Å². The molecule has 3 N–H and O–H groups in total. The Labute approximate surface area is 85.5 Å². The molecule has 0 bridgehead atoms. The summed E-state index contributed by atoms with van der Waals surface area (Å²) in [5.41, 5.74) is 8.27. The van der Waals surface area contributed by atoms with Crippen molar-refractivity contribution in [1.82, 2.24) is 5.32 Å². The van der Waals surface area contributed by atoms with Crippen molar-refractivity contribution in [2.45, 2.75) is 31.7 Å². The molecule has 0 amide bonds. The van der Waals surface area contributed by atoms with Gasteiger partial charge in [0, 0.05) is 11.2 Å². The molecule has 1 aliphatic carbocycles. The molecule has 0 atom stereocenters. The van der Waals surface area contributed by atoms with Gasteiger partial charge in [0.2, 0.25) is 0 Å². The van der Waals surface area contributed by atoms with Gasteiger partial charge in [-0.2, -0.15) is 0 Å². The average Bonchev–Trinajstić information content (AvgIpc) is 2.88. The van der Waals surface area contributed by atoms with E-state index >= 15 is 0 Å². The fourth-order valence-electron chi connectivity index (χ4n) is 1.56. The van der Waals surface area contributed by atoms with E-state index in [0.29, 0.717) is 5.54 Å². The van der Waals surface area contributed by atoms with Gasteiger partial charge in [0.15, 0.2) is 0 Å². The zero-order valence-electron chi connectivity index (χ0n) is 8.72. The lowest BCUT2D eigenvalue weighted by Crippen LogP contribution is -2.29. The Morgan fingerprint density at radius 1 is 1.29 bits per heavy atom. The summed E-state index contributed by atoms with van der Waals surface area (Å²) in [5, 5.41) is 3.56. The van der Waals surface area contributed by atoms with Crippen molar-refractivity contribution < 1.29 is 0 Å². The van der Waals surface area contributed by atoms with E-state index in [0.717, 1.165) is 18.7 Å². The minimum absolute atomic E-state index is 0.452. The third kappa shape index (κ3) is 2.48. The van der Waals surface area contributed by atoms with Crippen molar-refractivity contribution in [3.05, 3.63) is 29.8 Å². The van der Waals surface area contributed by atoms with Crippen LogP contribution >= 0.6 is 0 Å². The molecule has 2 rings (SSSR count). The lowest BCUT2D eigenvalue weighted by Gasteiger charge is -2.10. The third-order valence-electron chi connectivity index (χ3n) is 2.95. The maximum atomic E-state index is 5.62. The normalized spacial score (nSPS) is 18.1. The van der Waals surface area contributed by atoms with Crippen LogP contribution in [0.15, 0.2) is 24.3 Å². The zero-order chi connectivity index (χ0) is 10.0. The molecular formula is C12H18N2. The minimum atomic E-state index is 0.452. The van der Waals surface area contributed by atoms with Gasteiger partial charge >= 0.3 is 0 Å². The summed E-state index contributed by atoms with van der Waals surface area (Å²) in [6.45, 7) is 3.36. The van der Waals surface area contributed by atoms with Crippen LogP contribution in [0.5, 0.6) is 0 Å². The van der Waals surface area contributed by atoms with E-state index in [1.165, 1.54) is 18.4 Å². The van der Waals surface area contributed by atoms with E-state index < -0.39 is 0 Å². The summed E-state index contributed by atoms with van der Waals surface area (Å²) in [5.74, 6) is 0. The van der Waals surface area contributed by atoms with Gasteiger partial charge in [-0.15, -0.1) is 0 Å². The first-order valence-corrected chi connectivity index (χ1v) is 5.27. The molecule has 1 saturated carbocycles. The van der Waals surface area contributed by atoms with Gasteiger partial charge in [0.05, 0.1) is 0 Å². The second-order valence-electron chi connectivity index (χ2n) is 4.48. The number of anilines is 1. The van der Waals surface area contributed by atoms with E-state index in [1.54, 1.807) is 0 Å². The molecule has 0 aliphatic heterocycles. The van der Waals surface area contributed by atoms with E-state index in [9.17, 15) is 0 Å². The lowest BCUT2D eigenvalue weighted by molar-refractivity contribution is 0.541. The van der Waals surface area contributed by atoms with Crippen molar-refractivity contribution in [3.8, 4) is 0 Å². The van der Waals surface area contributed by atoms with Crippen molar-refractivity contribution in [3.63, 3.8) is 0 Å². The summed E-state index contributed by atoms with van der Waals surface area (Å²) in [6, 6.07) is 8.14. The number of nitrogen functional groups attached to an aromatic ring is 1. The Morgan fingerprint density at radius 3 is 2.50 bits per heavy atom.